The first-order valence-corrected chi connectivity index (χ1v) is 12.2. The Kier molecular flexibility index (Phi) is 7.38. The number of nitrogens with zero attached hydrogens (tertiary/aromatic N) is 1. The van der Waals surface area contributed by atoms with Crippen LogP contribution in [-0.2, 0) is 16.2 Å². The van der Waals surface area contributed by atoms with Crippen LogP contribution in [0.3, 0.4) is 0 Å². The van der Waals surface area contributed by atoms with Gasteiger partial charge in [-0.1, -0.05) is 48.0 Å². The zero-order valence-electron chi connectivity index (χ0n) is 18.6. The second-order valence-electron chi connectivity index (χ2n) is 7.61. The number of aryl methyl sites for hydroxylation is 1. The molecule has 1 fully saturated rings. The minimum Gasteiger partial charge on any atom is -0.490 e. The summed E-state index contributed by atoms with van der Waals surface area (Å²) in [5.41, 5.74) is 6.00. The van der Waals surface area contributed by atoms with E-state index in [0.29, 0.717) is 44.9 Å². The minimum atomic E-state index is -0.477. The van der Waals surface area contributed by atoms with Crippen molar-refractivity contribution in [3.05, 3.63) is 91.9 Å². The Morgan fingerprint density at radius 3 is 2.44 bits per heavy atom. The number of carbonyl (C=O) groups excluding carboxylic acids is 2. The summed E-state index contributed by atoms with van der Waals surface area (Å²) in [7, 11) is 0. The summed E-state index contributed by atoms with van der Waals surface area (Å²) in [5, 5.41) is 1.24. The molecule has 1 N–H and O–H groups in total. The van der Waals surface area contributed by atoms with E-state index in [2.05, 4.69) is 43.4 Å². The highest BCUT2D eigenvalue weighted by molar-refractivity contribution is 9.13. The fourth-order valence-corrected chi connectivity index (χ4v) is 4.48. The third-order valence-corrected chi connectivity index (χ3v) is 7.27. The molecule has 1 aliphatic heterocycles. The van der Waals surface area contributed by atoms with Gasteiger partial charge < -0.3 is 9.47 Å². The lowest BCUT2D eigenvalue weighted by molar-refractivity contribution is -0.117. The SMILES string of the molecule is CCOc1cc(/C=C2/C(=O)NN(c3ccccc3)C2=O)c(Br)c(Br)c1OCc1cccc(C)c1. The van der Waals surface area contributed by atoms with Crippen molar-refractivity contribution in [2.45, 2.75) is 20.5 Å². The molecule has 1 saturated heterocycles. The van der Waals surface area contributed by atoms with Crippen LogP contribution in [0, 0.1) is 6.92 Å². The normalized spacial score (nSPS) is 14.5. The second kappa shape index (κ2) is 10.4. The van der Waals surface area contributed by atoms with E-state index in [1.807, 2.05) is 38.1 Å². The Hall–Kier alpha value is -3.10. The molecule has 1 aliphatic rings. The number of nitrogens with one attached hydrogen (secondary N) is 1. The number of benzene rings is 3. The van der Waals surface area contributed by atoms with Crippen LogP contribution in [0.25, 0.3) is 6.08 Å². The highest BCUT2D eigenvalue weighted by Crippen LogP contribution is 2.44. The zero-order chi connectivity index (χ0) is 24.2. The summed E-state index contributed by atoms with van der Waals surface area (Å²) in [6.07, 6.45) is 1.54. The first kappa shape index (κ1) is 24.0. The molecule has 0 bridgehead atoms. The molecule has 6 nitrogen and oxygen atoms in total. The maximum atomic E-state index is 13.0. The molecule has 3 aromatic carbocycles. The average molecular weight is 586 g/mol. The summed E-state index contributed by atoms with van der Waals surface area (Å²) in [4.78, 5) is 25.6. The number of amides is 2. The summed E-state index contributed by atoms with van der Waals surface area (Å²) in [5.74, 6) is 0.125. The van der Waals surface area contributed by atoms with Crippen molar-refractivity contribution in [2.24, 2.45) is 0 Å². The number of hydrogen-bond acceptors (Lipinski definition) is 4. The molecule has 1 heterocycles. The van der Waals surface area contributed by atoms with Gasteiger partial charge in [-0.25, -0.2) is 5.01 Å². The first-order chi connectivity index (χ1) is 16.4. The largest absolute Gasteiger partial charge is 0.490 e. The quantitative estimate of drug-likeness (QED) is 0.274. The van der Waals surface area contributed by atoms with Crippen molar-refractivity contribution in [1.82, 2.24) is 5.43 Å². The predicted octanol–water partition coefficient (Wildman–Crippen LogP) is 5.96. The molecular weight excluding hydrogens is 564 g/mol. The van der Waals surface area contributed by atoms with Crippen LogP contribution in [-0.4, -0.2) is 18.4 Å². The van der Waals surface area contributed by atoms with E-state index in [0.717, 1.165) is 11.1 Å². The van der Waals surface area contributed by atoms with Gasteiger partial charge in [0.15, 0.2) is 11.5 Å². The maximum Gasteiger partial charge on any atom is 0.282 e. The van der Waals surface area contributed by atoms with Crippen LogP contribution in [0.2, 0.25) is 0 Å². The van der Waals surface area contributed by atoms with Crippen LogP contribution >= 0.6 is 31.9 Å². The van der Waals surface area contributed by atoms with Gasteiger partial charge in [-0.15, -0.1) is 0 Å². The highest BCUT2D eigenvalue weighted by Gasteiger charge is 2.34. The van der Waals surface area contributed by atoms with Crippen molar-refractivity contribution in [2.75, 3.05) is 11.6 Å². The molecule has 0 spiro atoms. The van der Waals surface area contributed by atoms with Crippen LogP contribution in [0.1, 0.15) is 23.6 Å². The van der Waals surface area contributed by atoms with Crippen molar-refractivity contribution in [3.8, 4) is 11.5 Å². The summed E-state index contributed by atoms with van der Waals surface area (Å²) < 4.78 is 13.2. The molecule has 174 valence electrons. The number of ether oxygens (including phenoxy) is 2. The third-order valence-electron chi connectivity index (χ3n) is 5.13. The Morgan fingerprint density at radius 2 is 1.74 bits per heavy atom. The number of hydrogen-bond donors (Lipinski definition) is 1. The lowest BCUT2D eigenvalue weighted by atomic mass is 10.1. The number of halogens is 2. The molecule has 34 heavy (non-hydrogen) atoms. The lowest BCUT2D eigenvalue weighted by Gasteiger charge is -2.17. The van der Waals surface area contributed by atoms with Gasteiger partial charge in [0, 0.05) is 4.47 Å². The fraction of sp³-hybridized carbons (Fsp3) is 0.154. The number of hydrazine groups is 1. The molecule has 8 heteroatoms. The fourth-order valence-electron chi connectivity index (χ4n) is 3.54. The molecule has 3 aromatic rings. The monoisotopic (exact) mass is 584 g/mol. The van der Waals surface area contributed by atoms with E-state index >= 15 is 0 Å². The van der Waals surface area contributed by atoms with Gasteiger partial charge in [0.1, 0.15) is 12.2 Å². The standard InChI is InChI=1S/C26H22Br2N2O4/c1-3-33-21-14-18(13-20-25(31)29-30(26(20)32)19-10-5-4-6-11-19)22(27)23(28)24(21)34-15-17-9-7-8-16(2)12-17/h4-14H,3,15H2,1-2H3,(H,29,31)/b20-13-. The summed E-state index contributed by atoms with van der Waals surface area (Å²) >= 11 is 7.17. The van der Waals surface area contributed by atoms with Gasteiger partial charge in [0.05, 0.1) is 16.8 Å². The maximum absolute atomic E-state index is 13.0. The smallest absolute Gasteiger partial charge is 0.282 e. The Labute approximate surface area is 214 Å². The Morgan fingerprint density at radius 1 is 0.971 bits per heavy atom. The third kappa shape index (κ3) is 5.03. The van der Waals surface area contributed by atoms with Crippen molar-refractivity contribution in [1.29, 1.82) is 0 Å². The van der Waals surface area contributed by atoms with Crippen LogP contribution in [0.15, 0.2) is 75.2 Å². The van der Waals surface area contributed by atoms with Crippen LogP contribution in [0.4, 0.5) is 5.69 Å². The average Bonchev–Trinajstić information content (AvgIpc) is 3.11. The number of para-hydroxylation sites is 1. The van der Waals surface area contributed by atoms with E-state index < -0.39 is 11.8 Å². The second-order valence-corrected chi connectivity index (χ2v) is 9.19. The molecule has 0 saturated carbocycles. The minimum absolute atomic E-state index is 0.0207. The van der Waals surface area contributed by atoms with Crippen LogP contribution in [0.5, 0.6) is 11.5 Å². The van der Waals surface area contributed by atoms with E-state index in [9.17, 15) is 9.59 Å². The molecule has 0 radical (unpaired) electrons. The zero-order valence-corrected chi connectivity index (χ0v) is 21.8. The van der Waals surface area contributed by atoms with Gasteiger partial charge >= 0.3 is 0 Å². The van der Waals surface area contributed by atoms with Crippen molar-refractivity contribution >= 4 is 55.4 Å². The first-order valence-electron chi connectivity index (χ1n) is 10.6. The predicted molar refractivity (Wildman–Crippen MR) is 139 cm³/mol. The van der Waals surface area contributed by atoms with Crippen LogP contribution < -0.4 is 19.9 Å². The van der Waals surface area contributed by atoms with Gasteiger partial charge in [0.25, 0.3) is 11.8 Å². The van der Waals surface area contributed by atoms with Crippen molar-refractivity contribution in [3.63, 3.8) is 0 Å². The molecule has 0 aromatic heterocycles. The van der Waals surface area contributed by atoms with Gasteiger partial charge in [-0.2, -0.15) is 0 Å². The highest BCUT2D eigenvalue weighted by atomic mass is 79.9. The molecule has 0 atom stereocenters. The lowest BCUT2D eigenvalue weighted by Crippen LogP contribution is -2.35. The number of carbonyl (C=O) groups is 2. The molecular formula is C26H22Br2N2O4. The Bertz CT molecular complexity index is 1280. The van der Waals surface area contributed by atoms with Crippen molar-refractivity contribution < 1.29 is 19.1 Å². The molecule has 0 aliphatic carbocycles. The van der Waals surface area contributed by atoms with E-state index in [4.69, 9.17) is 9.47 Å². The number of rotatable bonds is 7. The summed E-state index contributed by atoms with van der Waals surface area (Å²) in [6.45, 7) is 4.69. The van der Waals surface area contributed by atoms with E-state index in [1.165, 1.54) is 5.01 Å². The molecule has 4 rings (SSSR count). The molecule has 2 amide bonds. The van der Waals surface area contributed by atoms with E-state index in [-0.39, 0.29) is 5.57 Å². The van der Waals surface area contributed by atoms with Gasteiger partial charge in [-0.05, 0) is 81.1 Å². The molecule has 0 unspecified atom stereocenters. The Balaban J connectivity index is 1.67. The van der Waals surface area contributed by atoms with Gasteiger partial charge in [0.2, 0.25) is 0 Å². The number of anilines is 1. The topological polar surface area (TPSA) is 67.9 Å². The summed E-state index contributed by atoms with van der Waals surface area (Å²) in [6, 6.07) is 18.8. The van der Waals surface area contributed by atoms with Gasteiger partial charge in [-0.3, -0.25) is 15.0 Å². The van der Waals surface area contributed by atoms with E-state index in [1.54, 1.807) is 36.4 Å².